The van der Waals surface area contributed by atoms with Crippen LogP contribution in [0.5, 0.6) is 5.75 Å². The number of amides is 1. The lowest BCUT2D eigenvalue weighted by Gasteiger charge is -2.10. The van der Waals surface area contributed by atoms with Crippen molar-refractivity contribution in [1.29, 1.82) is 0 Å². The summed E-state index contributed by atoms with van der Waals surface area (Å²) in [6.07, 6.45) is 1.46. The molecule has 0 aliphatic carbocycles. The molecule has 1 heterocycles. The molecular formula is C17H16N4O2S. The van der Waals surface area contributed by atoms with Gasteiger partial charge in [-0.15, -0.1) is 0 Å². The quantitative estimate of drug-likeness (QED) is 0.673. The maximum atomic E-state index is 12.6. The van der Waals surface area contributed by atoms with E-state index in [2.05, 4.69) is 20.5 Å². The van der Waals surface area contributed by atoms with E-state index in [1.807, 2.05) is 42.5 Å². The molecule has 0 saturated carbocycles. The van der Waals surface area contributed by atoms with Crippen LogP contribution in [0, 0.1) is 0 Å². The summed E-state index contributed by atoms with van der Waals surface area (Å²) in [7, 11) is 1.59. The van der Waals surface area contributed by atoms with Crippen molar-refractivity contribution >= 4 is 23.4 Å². The summed E-state index contributed by atoms with van der Waals surface area (Å²) in [5.41, 5.74) is 2.25. The van der Waals surface area contributed by atoms with Gasteiger partial charge in [-0.1, -0.05) is 36.0 Å². The number of aromatic nitrogens is 3. The van der Waals surface area contributed by atoms with Gasteiger partial charge in [-0.05, 0) is 23.8 Å². The second-order valence-electron chi connectivity index (χ2n) is 4.92. The first-order chi connectivity index (χ1) is 11.8. The number of H-pyrrole nitrogens is 1. The van der Waals surface area contributed by atoms with Gasteiger partial charge in [0.1, 0.15) is 12.1 Å². The first-order valence-corrected chi connectivity index (χ1v) is 8.26. The Labute approximate surface area is 143 Å². The van der Waals surface area contributed by atoms with Crippen LogP contribution in [0.2, 0.25) is 0 Å². The van der Waals surface area contributed by atoms with Crippen LogP contribution in [0.4, 0.5) is 5.69 Å². The summed E-state index contributed by atoms with van der Waals surface area (Å²) in [4.78, 5) is 16.7. The Hall–Kier alpha value is -2.80. The van der Waals surface area contributed by atoms with Gasteiger partial charge in [0.25, 0.3) is 5.91 Å². The van der Waals surface area contributed by atoms with E-state index in [4.69, 9.17) is 4.74 Å². The third-order valence-electron chi connectivity index (χ3n) is 3.35. The first kappa shape index (κ1) is 16.1. The summed E-state index contributed by atoms with van der Waals surface area (Å²) in [5, 5.41) is 10.2. The highest BCUT2D eigenvalue weighted by Gasteiger charge is 2.12. The highest BCUT2D eigenvalue weighted by molar-refractivity contribution is 7.98. The largest absolute Gasteiger partial charge is 0.497 e. The van der Waals surface area contributed by atoms with Crippen molar-refractivity contribution in [3.63, 3.8) is 0 Å². The van der Waals surface area contributed by atoms with Crippen molar-refractivity contribution in [3.8, 4) is 5.75 Å². The van der Waals surface area contributed by atoms with Crippen molar-refractivity contribution in [2.75, 3.05) is 12.4 Å². The molecule has 2 aromatic carbocycles. The summed E-state index contributed by atoms with van der Waals surface area (Å²) >= 11 is 1.49. The molecule has 3 rings (SSSR count). The average Bonchev–Trinajstić information content (AvgIpc) is 3.14. The van der Waals surface area contributed by atoms with E-state index >= 15 is 0 Å². The van der Waals surface area contributed by atoms with E-state index in [1.165, 1.54) is 18.1 Å². The summed E-state index contributed by atoms with van der Waals surface area (Å²) in [5.74, 6) is 1.16. The standard InChI is InChI=1S/C17H16N4O2S/c1-23-14-7-4-6-13(9-14)20-16(22)15-8-3-2-5-12(15)10-24-17-18-11-19-21-17/h2-9,11H,10H2,1H3,(H,20,22)(H,18,19,21). The molecule has 0 bridgehead atoms. The van der Waals surface area contributed by atoms with Gasteiger partial charge >= 0.3 is 0 Å². The van der Waals surface area contributed by atoms with E-state index in [-0.39, 0.29) is 5.91 Å². The Morgan fingerprint density at radius 1 is 1.25 bits per heavy atom. The Morgan fingerprint density at radius 3 is 2.92 bits per heavy atom. The van der Waals surface area contributed by atoms with Crippen molar-refractivity contribution in [3.05, 3.63) is 66.0 Å². The van der Waals surface area contributed by atoms with Gasteiger partial charge in [0.05, 0.1) is 7.11 Å². The lowest BCUT2D eigenvalue weighted by Crippen LogP contribution is -2.14. The smallest absolute Gasteiger partial charge is 0.255 e. The van der Waals surface area contributed by atoms with Crippen molar-refractivity contribution in [1.82, 2.24) is 15.2 Å². The van der Waals surface area contributed by atoms with Gasteiger partial charge in [-0.2, -0.15) is 5.10 Å². The fourth-order valence-electron chi connectivity index (χ4n) is 2.18. The molecule has 122 valence electrons. The molecule has 6 nitrogen and oxygen atoms in total. The normalized spacial score (nSPS) is 10.4. The second kappa shape index (κ2) is 7.65. The second-order valence-corrected chi connectivity index (χ2v) is 5.89. The molecule has 2 N–H and O–H groups in total. The van der Waals surface area contributed by atoms with Crippen molar-refractivity contribution < 1.29 is 9.53 Å². The van der Waals surface area contributed by atoms with Gasteiger partial charge in [-0.3, -0.25) is 9.89 Å². The Balaban J connectivity index is 1.74. The summed E-state index contributed by atoms with van der Waals surface area (Å²) in [6, 6.07) is 14.8. The predicted octanol–water partition coefficient (Wildman–Crippen LogP) is 3.36. The van der Waals surface area contributed by atoms with Gasteiger partial charge in [0, 0.05) is 23.1 Å². The minimum absolute atomic E-state index is 0.156. The summed E-state index contributed by atoms with van der Waals surface area (Å²) in [6.45, 7) is 0. The fraction of sp³-hybridized carbons (Fsp3) is 0.118. The highest BCUT2D eigenvalue weighted by atomic mass is 32.2. The number of ether oxygens (including phenoxy) is 1. The number of methoxy groups -OCH3 is 1. The molecule has 0 atom stereocenters. The van der Waals surface area contributed by atoms with Crippen LogP contribution in [0.1, 0.15) is 15.9 Å². The molecule has 0 aliphatic rings. The van der Waals surface area contributed by atoms with Gasteiger partial charge in [0.15, 0.2) is 5.16 Å². The third kappa shape index (κ3) is 3.94. The number of aromatic amines is 1. The third-order valence-corrected chi connectivity index (χ3v) is 4.27. The Morgan fingerprint density at radius 2 is 2.12 bits per heavy atom. The lowest BCUT2D eigenvalue weighted by molar-refractivity contribution is 0.102. The van der Waals surface area contributed by atoms with Crippen LogP contribution < -0.4 is 10.1 Å². The molecule has 0 fully saturated rings. The number of benzene rings is 2. The van der Waals surface area contributed by atoms with Crippen LogP contribution in [0.15, 0.2) is 60.0 Å². The minimum atomic E-state index is -0.156. The van der Waals surface area contributed by atoms with Gasteiger partial charge in [0.2, 0.25) is 0 Å². The van der Waals surface area contributed by atoms with Crippen LogP contribution in [0.3, 0.4) is 0 Å². The van der Waals surface area contributed by atoms with Gasteiger partial charge < -0.3 is 10.1 Å². The topological polar surface area (TPSA) is 79.9 Å². The number of carbonyl (C=O) groups excluding carboxylic acids is 1. The summed E-state index contributed by atoms with van der Waals surface area (Å²) < 4.78 is 5.17. The fourth-order valence-corrected chi connectivity index (χ4v) is 2.96. The van der Waals surface area contributed by atoms with E-state index in [9.17, 15) is 4.79 Å². The van der Waals surface area contributed by atoms with E-state index in [1.54, 1.807) is 13.2 Å². The molecule has 24 heavy (non-hydrogen) atoms. The molecule has 0 unspecified atom stereocenters. The molecule has 0 saturated heterocycles. The number of nitrogens with one attached hydrogen (secondary N) is 2. The zero-order valence-corrected chi connectivity index (χ0v) is 13.8. The van der Waals surface area contributed by atoms with Gasteiger partial charge in [-0.25, -0.2) is 4.98 Å². The number of nitrogens with zero attached hydrogens (tertiary/aromatic N) is 2. The van der Waals surface area contributed by atoms with Crippen LogP contribution in [-0.2, 0) is 5.75 Å². The number of hydrogen-bond acceptors (Lipinski definition) is 5. The van der Waals surface area contributed by atoms with Crippen LogP contribution in [-0.4, -0.2) is 28.2 Å². The van der Waals surface area contributed by atoms with E-state index in [0.29, 0.717) is 22.8 Å². The molecule has 0 aliphatic heterocycles. The van der Waals surface area contributed by atoms with Crippen molar-refractivity contribution in [2.24, 2.45) is 0 Å². The van der Waals surface area contributed by atoms with Crippen LogP contribution in [0.25, 0.3) is 0 Å². The maximum absolute atomic E-state index is 12.6. The SMILES string of the molecule is COc1cccc(NC(=O)c2ccccc2CSc2ncn[nH]2)c1. The predicted molar refractivity (Wildman–Crippen MR) is 93.3 cm³/mol. The zero-order chi connectivity index (χ0) is 16.8. The molecule has 7 heteroatoms. The first-order valence-electron chi connectivity index (χ1n) is 7.28. The molecule has 1 aromatic heterocycles. The molecule has 1 amide bonds. The highest BCUT2D eigenvalue weighted by Crippen LogP contribution is 2.23. The number of thioether (sulfide) groups is 1. The number of rotatable bonds is 6. The molecule has 0 spiro atoms. The average molecular weight is 340 g/mol. The maximum Gasteiger partial charge on any atom is 0.255 e. The molecule has 0 radical (unpaired) electrons. The van der Waals surface area contributed by atoms with Crippen LogP contribution >= 0.6 is 11.8 Å². The number of anilines is 1. The minimum Gasteiger partial charge on any atom is -0.497 e. The molecular weight excluding hydrogens is 324 g/mol. The number of hydrogen-bond donors (Lipinski definition) is 2. The number of carbonyl (C=O) groups is 1. The van der Waals surface area contributed by atoms with E-state index < -0.39 is 0 Å². The zero-order valence-electron chi connectivity index (χ0n) is 13.0. The Kier molecular flexibility index (Phi) is 5.12. The van der Waals surface area contributed by atoms with Crippen molar-refractivity contribution in [2.45, 2.75) is 10.9 Å². The monoisotopic (exact) mass is 340 g/mol. The van der Waals surface area contributed by atoms with E-state index in [0.717, 1.165) is 10.7 Å². The Bertz CT molecular complexity index is 821. The lowest BCUT2D eigenvalue weighted by atomic mass is 10.1. The molecule has 3 aromatic rings.